The molecule has 0 amide bonds. The minimum atomic E-state index is -0.916. The second-order valence-corrected chi connectivity index (χ2v) is 4.32. The summed E-state index contributed by atoms with van der Waals surface area (Å²) in [6, 6.07) is 12.9. The Labute approximate surface area is 112 Å². The largest absolute Gasteiger partial charge is 0.494 e. The zero-order chi connectivity index (χ0) is 13.8. The molecule has 0 atom stereocenters. The highest BCUT2D eigenvalue weighted by atomic mass is 16.5. The maximum absolute atomic E-state index is 11.3. The van der Waals surface area contributed by atoms with Gasteiger partial charge in [-0.25, -0.2) is 4.79 Å². The molecule has 0 aliphatic carbocycles. The average Bonchev–Trinajstić information content (AvgIpc) is 2.39. The Morgan fingerprint density at radius 1 is 1.21 bits per heavy atom. The summed E-state index contributed by atoms with van der Waals surface area (Å²) in [7, 11) is 0. The number of hydrogen-bond donors (Lipinski definition) is 1. The van der Waals surface area contributed by atoms with E-state index in [0.717, 1.165) is 16.9 Å². The number of carboxylic acids is 1. The maximum Gasteiger partial charge on any atom is 0.336 e. The predicted molar refractivity (Wildman–Crippen MR) is 74.7 cm³/mol. The molecule has 0 aliphatic heterocycles. The van der Waals surface area contributed by atoms with E-state index in [-0.39, 0.29) is 0 Å². The van der Waals surface area contributed by atoms with E-state index in [2.05, 4.69) is 0 Å². The molecule has 0 heterocycles. The second kappa shape index (κ2) is 5.57. The van der Waals surface area contributed by atoms with Crippen molar-refractivity contribution in [3.8, 4) is 16.9 Å². The SMILES string of the molecule is CCOc1cccc(-c2ccc(C)cc2C(=O)O)c1. The minimum absolute atomic E-state index is 0.314. The first kappa shape index (κ1) is 13.1. The Balaban J connectivity index is 2.52. The van der Waals surface area contributed by atoms with Crippen LogP contribution < -0.4 is 4.74 Å². The predicted octanol–water partition coefficient (Wildman–Crippen LogP) is 3.76. The number of carboxylic acid groups (broad SMARTS) is 1. The molecule has 2 aromatic rings. The fraction of sp³-hybridized carbons (Fsp3) is 0.188. The topological polar surface area (TPSA) is 46.5 Å². The third-order valence-corrected chi connectivity index (χ3v) is 2.86. The van der Waals surface area contributed by atoms with Gasteiger partial charge in [0, 0.05) is 0 Å². The van der Waals surface area contributed by atoms with Gasteiger partial charge >= 0.3 is 5.97 Å². The molecular formula is C16H16O3. The van der Waals surface area contributed by atoms with Gasteiger partial charge in [0.05, 0.1) is 12.2 Å². The fourth-order valence-corrected chi connectivity index (χ4v) is 2.01. The Bertz CT molecular complexity index is 603. The van der Waals surface area contributed by atoms with E-state index in [9.17, 15) is 9.90 Å². The van der Waals surface area contributed by atoms with Crippen LogP contribution in [-0.4, -0.2) is 17.7 Å². The van der Waals surface area contributed by atoms with Crippen molar-refractivity contribution in [2.24, 2.45) is 0 Å². The Hall–Kier alpha value is -2.29. The van der Waals surface area contributed by atoms with Crippen LogP contribution >= 0.6 is 0 Å². The highest BCUT2D eigenvalue weighted by Gasteiger charge is 2.12. The fourth-order valence-electron chi connectivity index (χ4n) is 2.01. The summed E-state index contributed by atoms with van der Waals surface area (Å²) in [4.78, 5) is 11.3. The van der Waals surface area contributed by atoms with Crippen molar-refractivity contribution in [3.05, 3.63) is 53.6 Å². The van der Waals surface area contributed by atoms with Gasteiger partial charge in [-0.2, -0.15) is 0 Å². The van der Waals surface area contributed by atoms with Crippen LogP contribution in [0.2, 0.25) is 0 Å². The van der Waals surface area contributed by atoms with Crippen LogP contribution in [0.1, 0.15) is 22.8 Å². The zero-order valence-corrected chi connectivity index (χ0v) is 11.0. The molecule has 0 fully saturated rings. The number of carbonyl (C=O) groups is 1. The summed E-state index contributed by atoms with van der Waals surface area (Å²) in [6.45, 7) is 4.39. The summed E-state index contributed by atoms with van der Waals surface area (Å²) in [5.74, 6) is -0.169. The smallest absolute Gasteiger partial charge is 0.336 e. The zero-order valence-electron chi connectivity index (χ0n) is 11.0. The molecule has 2 rings (SSSR count). The van der Waals surface area contributed by atoms with Crippen LogP contribution in [0.25, 0.3) is 11.1 Å². The van der Waals surface area contributed by atoms with Gasteiger partial charge in [0.25, 0.3) is 0 Å². The van der Waals surface area contributed by atoms with Crippen LogP contribution in [0, 0.1) is 6.92 Å². The van der Waals surface area contributed by atoms with Gasteiger partial charge in [0.2, 0.25) is 0 Å². The monoisotopic (exact) mass is 256 g/mol. The minimum Gasteiger partial charge on any atom is -0.494 e. The molecule has 19 heavy (non-hydrogen) atoms. The van der Waals surface area contributed by atoms with Gasteiger partial charge in [0.15, 0.2) is 0 Å². The van der Waals surface area contributed by atoms with Crippen molar-refractivity contribution >= 4 is 5.97 Å². The van der Waals surface area contributed by atoms with E-state index in [1.807, 2.05) is 50.2 Å². The molecule has 3 heteroatoms. The standard InChI is InChI=1S/C16H16O3/c1-3-19-13-6-4-5-12(10-13)14-8-7-11(2)9-15(14)16(17)18/h4-10H,3H2,1-2H3,(H,17,18). The van der Waals surface area contributed by atoms with Crippen LogP contribution in [0.5, 0.6) is 5.75 Å². The van der Waals surface area contributed by atoms with Gasteiger partial charge in [-0.3, -0.25) is 0 Å². The highest BCUT2D eigenvalue weighted by molar-refractivity contribution is 5.96. The van der Waals surface area contributed by atoms with Gasteiger partial charge in [0.1, 0.15) is 5.75 Å². The number of aryl methyl sites for hydroxylation is 1. The first-order chi connectivity index (χ1) is 9.11. The summed E-state index contributed by atoms with van der Waals surface area (Å²) in [6.07, 6.45) is 0. The van der Waals surface area contributed by atoms with Gasteiger partial charge in [-0.1, -0.05) is 29.8 Å². The summed E-state index contributed by atoms with van der Waals surface area (Å²) in [5, 5.41) is 9.29. The number of rotatable bonds is 4. The quantitative estimate of drug-likeness (QED) is 0.906. The highest BCUT2D eigenvalue weighted by Crippen LogP contribution is 2.27. The Morgan fingerprint density at radius 2 is 2.00 bits per heavy atom. The molecule has 0 spiro atoms. The average molecular weight is 256 g/mol. The second-order valence-electron chi connectivity index (χ2n) is 4.32. The lowest BCUT2D eigenvalue weighted by atomic mass is 9.98. The van der Waals surface area contributed by atoms with E-state index in [0.29, 0.717) is 17.7 Å². The van der Waals surface area contributed by atoms with Crippen LogP contribution in [0.15, 0.2) is 42.5 Å². The summed E-state index contributed by atoms with van der Waals surface area (Å²) in [5.41, 5.74) is 2.80. The van der Waals surface area contributed by atoms with E-state index >= 15 is 0 Å². The van der Waals surface area contributed by atoms with Crippen LogP contribution in [-0.2, 0) is 0 Å². The van der Waals surface area contributed by atoms with E-state index < -0.39 is 5.97 Å². The van der Waals surface area contributed by atoms with Crippen molar-refractivity contribution in [1.29, 1.82) is 0 Å². The van der Waals surface area contributed by atoms with E-state index in [1.54, 1.807) is 6.07 Å². The summed E-state index contributed by atoms with van der Waals surface area (Å²) >= 11 is 0. The first-order valence-electron chi connectivity index (χ1n) is 6.19. The third kappa shape index (κ3) is 2.94. The maximum atomic E-state index is 11.3. The molecule has 0 saturated heterocycles. The van der Waals surface area contributed by atoms with Crippen molar-refractivity contribution in [2.45, 2.75) is 13.8 Å². The third-order valence-electron chi connectivity index (χ3n) is 2.86. The molecular weight excluding hydrogens is 240 g/mol. The first-order valence-corrected chi connectivity index (χ1v) is 6.19. The van der Waals surface area contributed by atoms with Crippen molar-refractivity contribution < 1.29 is 14.6 Å². The van der Waals surface area contributed by atoms with Crippen molar-refractivity contribution in [3.63, 3.8) is 0 Å². The molecule has 2 aromatic carbocycles. The lowest BCUT2D eigenvalue weighted by Gasteiger charge is -2.09. The summed E-state index contributed by atoms with van der Waals surface area (Å²) < 4.78 is 5.44. The Kier molecular flexibility index (Phi) is 3.85. The molecule has 1 N–H and O–H groups in total. The molecule has 3 nitrogen and oxygen atoms in total. The van der Waals surface area contributed by atoms with E-state index in [1.165, 1.54) is 0 Å². The Morgan fingerprint density at radius 3 is 2.68 bits per heavy atom. The van der Waals surface area contributed by atoms with Crippen LogP contribution in [0.4, 0.5) is 0 Å². The lowest BCUT2D eigenvalue weighted by Crippen LogP contribution is -2.00. The molecule has 98 valence electrons. The van der Waals surface area contributed by atoms with Gasteiger partial charge in [-0.05, 0) is 43.2 Å². The van der Waals surface area contributed by atoms with Gasteiger partial charge in [-0.15, -0.1) is 0 Å². The number of ether oxygens (including phenoxy) is 1. The van der Waals surface area contributed by atoms with E-state index in [4.69, 9.17) is 4.74 Å². The molecule has 0 aliphatic rings. The van der Waals surface area contributed by atoms with Crippen molar-refractivity contribution in [1.82, 2.24) is 0 Å². The number of aromatic carboxylic acids is 1. The molecule has 0 radical (unpaired) electrons. The molecule has 0 aromatic heterocycles. The number of benzene rings is 2. The molecule has 0 saturated carbocycles. The number of hydrogen-bond acceptors (Lipinski definition) is 2. The van der Waals surface area contributed by atoms with Gasteiger partial charge < -0.3 is 9.84 Å². The normalized spacial score (nSPS) is 10.2. The lowest BCUT2D eigenvalue weighted by molar-refractivity contribution is 0.0697. The molecule has 0 bridgehead atoms. The van der Waals surface area contributed by atoms with Crippen molar-refractivity contribution in [2.75, 3.05) is 6.61 Å². The molecule has 0 unspecified atom stereocenters. The van der Waals surface area contributed by atoms with Crippen LogP contribution in [0.3, 0.4) is 0 Å².